The number of esters is 1. The molecular formula is C16H21NO3. The monoisotopic (exact) mass is 275 g/mol. The SMILES string of the molecule is CCCCOc1ccc2c(CC(=O)OCC)c[nH]c2c1. The van der Waals surface area contributed by atoms with E-state index in [1.807, 2.05) is 31.3 Å². The van der Waals surface area contributed by atoms with Gasteiger partial charge in [0.2, 0.25) is 0 Å². The molecule has 20 heavy (non-hydrogen) atoms. The minimum atomic E-state index is -0.198. The molecule has 0 unspecified atom stereocenters. The number of carbonyl (C=O) groups is 1. The smallest absolute Gasteiger partial charge is 0.310 e. The maximum atomic E-state index is 11.5. The number of fused-ring (bicyclic) bond motifs is 1. The zero-order valence-corrected chi connectivity index (χ0v) is 12.1. The lowest BCUT2D eigenvalue weighted by Crippen LogP contribution is -2.06. The largest absolute Gasteiger partial charge is 0.494 e. The van der Waals surface area contributed by atoms with Crippen molar-refractivity contribution < 1.29 is 14.3 Å². The summed E-state index contributed by atoms with van der Waals surface area (Å²) in [7, 11) is 0. The van der Waals surface area contributed by atoms with E-state index in [2.05, 4.69) is 11.9 Å². The first-order chi connectivity index (χ1) is 9.74. The van der Waals surface area contributed by atoms with Crippen LogP contribution in [0.4, 0.5) is 0 Å². The summed E-state index contributed by atoms with van der Waals surface area (Å²) in [6.45, 7) is 5.10. The molecule has 0 fully saturated rings. The molecular weight excluding hydrogens is 254 g/mol. The predicted octanol–water partition coefficient (Wildman–Crippen LogP) is 3.45. The summed E-state index contributed by atoms with van der Waals surface area (Å²) in [5, 5.41) is 1.04. The first kappa shape index (κ1) is 14.4. The standard InChI is InChI=1S/C16H21NO3/c1-3-5-8-20-13-6-7-14-12(9-16(18)19-4-2)11-17-15(14)10-13/h6-7,10-11,17H,3-5,8-9H2,1-2H3. The molecule has 4 nitrogen and oxygen atoms in total. The highest BCUT2D eigenvalue weighted by Crippen LogP contribution is 2.24. The van der Waals surface area contributed by atoms with E-state index in [1.165, 1.54) is 0 Å². The molecule has 0 atom stereocenters. The Kier molecular flexibility index (Phi) is 5.04. The van der Waals surface area contributed by atoms with Gasteiger partial charge in [0.05, 0.1) is 19.6 Å². The third-order valence-electron chi connectivity index (χ3n) is 3.15. The van der Waals surface area contributed by atoms with Gasteiger partial charge in [-0.25, -0.2) is 0 Å². The second-order valence-electron chi connectivity index (χ2n) is 4.71. The average Bonchev–Trinajstić information content (AvgIpc) is 2.82. The zero-order valence-electron chi connectivity index (χ0n) is 12.1. The Morgan fingerprint density at radius 1 is 1.30 bits per heavy atom. The van der Waals surface area contributed by atoms with E-state index in [4.69, 9.17) is 9.47 Å². The van der Waals surface area contributed by atoms with Crippen molar-refractivity contribution >= 4 is 16.9 Å². The van der Waals surface area contributed by atoms with Crippen molar-refractivity contribution in [3.63, 3.8) is 0 Å². The topological polar surface area (TPSA) is 51.3 Å². The number of rotatable bonds is 7. The lowest BCUT2D eigenvalue weighted by molar-refractivity contribution is -0.142. The van der Waals surface area contributed by atoms with Crippen LogP contribution in [0, 0.1) is 0 Å². The van der Waals surface area contributed by atoms with E-state index in [-0.39, 0.29) is 5.97 Å². The molecule has 0 saturated carbocycles. The van der Waals surface area contributed by atoms with Crippen LogP contribution < -0.4 is 4.74 Å². The van der Waals surface area contributed by atoms with E-state index >= 15 is 0 Å². The summed E-state index contributed by atoms with van der Waals surface area (Å²) in [5.41, 5.74) is 1.94. The molecule has 0 aliphatic heterocycles. The Hall–Kier alpha value is -1.97. The molecule has 2 aromatic rings. The van der Waals surface area contributed by atoms with Crippen molar-refractivity contribution in [2.75, 3.05) is 13.2 Å². The molecule has 0 bridgehead atoms. The fourth-order valence-electron chi connectivity index (χ4n) is 2.10. The van der Waals surface area contributed by atoms with Crippen LogP contribution >= 0.6 is 0 Å². The predicted molar refractivity (Wildman–Crippen MR) is 79.0 cm³/mol. The molecule has 108 valence electrons. The molecule has 1 aromatic heterocycles. The summed E-state index contributed by atoms with van der Waals surface area (Å²) in [6.07, 6.45) is 4.33. The minimum absolute atomic E-state index is 0.198. The fourth-order valence-corrected chi connectivity index (χ4v) is 2.10. The fraction of sp³-hybridized carbons (Fsp3) is 0.438. The van der Waals surface area contributed by atoms with Crippen molar-refractivity contribution in [1.29, 1.82) is 0 Å². The quantitative estimate of drug-likeness (QED) is 0.622. The summed E-state index contributed by atoms with van der Waals surface area (Å²) in [5.74, 6) is 0.659. The van der Waals surface area contributed by atoms with Gasteiger partial charge in [-0.2, -0.15) is 0 Å². The van der Waals surface area contributed by atoms with Gasteiger partial charge in [-0.1, -0.05) is 13.3 Å². The minimum Gasteiger partial charge on any atom is -0.494 e. The van der Waals surface area contributed by atoms with Crippen LogP contribution in [0.2, 0.25) is 0 Å². The summed E-state index contributed by atoms with van der Waals surface area (Å²) >= 11 is 0. The second-order valence-corrected chi connectivity index (χ2v) is 4.71. The van der Waals surface area contributed by atoms with Crippen molar-refractivity contribution in [1.82, 2.24) is 4.98 Å². The number of carbonyl (C=O) groups excluding carboxylic acids is 1. The Bertz CT molecular complexity index is 574. The zero-order chi connectivity index (χ0) is 14.4. The maximum Gasteiger partial charge on any atom is 0.310 e. The van der Waals surface area contributed by atoms with Gasteiger partial charge < -0.3 is 14.5 Å². The van der Waals surface area contributed by atoms with Crippen LogP contribution in [-0.4, -0.2) is 24.2 Å². The normalized spacial score (nSPS) is 10.7. The Labute approximate surface area is 119 Å². The van der Waals surface area contributed by atoms with Gasteiger partial charge in [-0.05, 0) is 31.0 Å². The maximum absolute atomic E-state index is 11.5. The van der Waals surface area contributed by atoms with Crippen molar-refractivity contribution in [2.24, 2.45) is 0 Å². The van der Waals surface area contributed by atoms with Crippen LogP contribution in [0.25, 0.3) is 10.9 Å². The number of unbranched alkanes of at least 4 members (excludes halogenated alkanes) is 1. The average molecular weight is 275 g/mol. The molecule has 0 spiro atoms. The first-order valence-corrected chi connectivity index (χ1v) is 7.13. The number of benzene rings is 1. The molecule has 0 radical (unpaired) electrons. The van der Waals surface area contributed by atoms with E-state index in [0.717, 1.165) is 41.7 Å². The van der Waals surface area contributed by atoms with Crippen molar-refractivity contribution in [2.45, 2.75) is 33.1 Å². The number of hydrogen-bond donors (Lipinski definition) is 1. The van der Waals surface area contributed by atoms with E-state index in [1.54, 1.807) is 0 Å². The highest BCUT2D eigenvalue weighted by molar-refractivity contribution is 5.88. The van der Waals surface area contributed by atoms with Gasteiger partial charge in [-0.3, -0.25) is 4.79 Å². The Balaban J connectivity index is 2.10. The van der Waals surface area contributed by atoms with E-state index in [9.17, 15) is 4.79 Å². The Morgan fingerprint density at radius 2 is 2.15 bits per heavy atom. The van der Waals surface area contributed by atoms with Crippen LogP contribution in [-0.2, 0) is 16.0 Å². The summed E-state index contributed by atoms with van der Waals surface area (Å²) in [4.78, 5) is 14.7. The molecule has 0 aliphatic rings. The number of aromatic nitrogens is 1. The number of H-pyrrole nitrogens is 1. The van der Waals surface area contributed by atoms with Gasteiger partial charge in [-0.15, -0.1) is 0 Å². The first-order valence-electron chi connectivity index (χ1n) is 7.13. The third kappa shape index (κ3) is 3.53. The van der Waals surface area contributed by atoms with Gasteiger partial charge >= 0.3 is 5.97 Å². The van der Waals surface area contributed by atoms with Crippen LogP contribution in [0.1, 0.15) is 32.3 Å². The van der Waals surface area contributed by atoms with E-state index < -0.39 is 0 Å². The molecule has 4 heteroatoms. The lowest BCUT2D eigenvalue weighted by atomic mass is 10.1. The van der Waals surface area contributed by atoms with Crippen molar-refractivity contribution in [3.8, 4) is 5.75 Å². The molecule has 1 N–H and O–H groups in total. The molecule has 0 saturated heterocycles. The van der Waals surface area contributed by atoms with Crippen LogP contribution in [0.5, 0.6) is 5.75 Å². The van der Waals surface area contributed by atoms with Crippen LogP contribution in [0.15, 0.2) is 24.4 Å². The number of nitrogens with one attached hydrogen (secondary N) is 1. The van der Waals surface area contributed by atoms with Crippen LogP contribution in [0.3, 0.4) is 0 Å². The van der Waals surface area contributed by atoms with Crippen molar-refractivity contribution in [3.05, 3.63) is 30.0 Å². The number of aromatic amines is 1. The summed E-state index contributed by atoms with van der Waals surface area (Å²) in [6, 6.07) is 5.90. The number of hydrogen-bond acceptors (Lipinski definition) is 3. The molecule has 1 heterocycles. The summed E-state index contributed by atoms with van der Waals surface area (Å²) < 4.78 is 10.6. The lowest BCUT2D eigenvalue weighted by Gasteiger charge is -2.05. The molecule has 1 aromatic carbocycles. The molecule has 0 amide bonds. The molecule has 0 aliphatic carbocycles. The molecule has 2 rings (SSSR count). The second kappa shape index (κ2) is 6.98. The highest BCUT2D eigenvalue weighted by Gasteiger charge is 2.10. The Morgan fingerprint density at radius 3 is 2.90 bits per heavy atom. The van der Waals surface area contributed by atoms with Gasteiger partial charge in [0.25, 0.3) is 0 Å². The highest BCUT2D eigenvalue weighted by atomic mass is 16.5. The van der Waals surface area contributed by atoms with Gasteiger partial charge in [0.1, 0.15) is 5.75 Å². The van der Waals surface area contributed by atoms with Gasteiger partial charge in [0, 0.05) is 23.2 Å². The van der Waals surface area contributed by atoms with E-state index in [0.29, 0.717) is 13.0 Å². The van der Waals surface area contributed by atoms with Gasteiger partial charge in [0.15, 0.2) is 0 Å². The third-order valence-corrected chi connectivity index (χ3v) is 3.15. The number of ether oxygens (including phenoxy) is 2.